The first-order valence-electron chi connectivity index (χ1n) is 13.0. The highest BCUT2D eigenvalue weighted by atomic mass is 16.3. The molecule has 30 heavy (non-hydrogen) atoms. The number of ketones is 1. The van der Waals surface area contributed by atoms with Crippen molar-refractivity contribution in [2.75, 3.05) is 0 Å². The third-order valence-corrected chi connectivity index (χ3v) is 10.8. The molecule has 3 nitrogen and oxygen atoms in total. The highest BCUT2D eigenvalue weighted by Gasteiger charge is 2.67. The Morgan fingerprint density at radius 3 is 2.43 bits per heavy atom. The van der Waals surface area contributed by atoms with E-state index >= 15 is 0 Å². The van der Waals surface area contributed by atoms with Crippen LogP contribution in [0.5, 0.6) is 0 Å². The van der Waals surface area contributed by atoms with Crippen LogP contribution in [0.25, 0.3) is 0 Å². The minimum Gasteiger partial charge on any atom is -0.393 e. The fourth-order valence-electron chi connectivity index (χ4n) is 9.04. The minimum atomic E-state index is -1.30. The summed E-state index contributed by atoms with van der Waals surface area (Å²) in [5, 5.41) is 21.7. The standard InChI is InChI=1S/C27H46O3/c1-17(2)7-6-8-18(3)21-9-10-22-20-15-24(29)27(30)16-19(28)11-14-26(27,5)23(20)12-13-25(21,22)4/h17-23,28,30H,6-16H2,1-5H3/t18-,19-,20-,21+,22-,23-,25+,26+,27-/m0/s1. The summed E-state index contributed by atoms with van der Waals surface area (Å²) in [5.41, 5.74) is -1.30. The molecular formula is C27H46O3. The first-order chi connectivity index (χ1) is 14.0. The van der Waals surface area contributed by atoms with Gasteiger partial charge in [0.2, 0.25) is 0 Å². The van der Waals surface area contributed by atoms with Crippen LogP contribution < -0.4 is 0 Å². The van der Waals surface area contributed by atoms with E-state index in [2.05, 4.69) is 34.6 Å². The first-order valence-corrected chi connectivity index (χ1v) is 13.0. The van der Waals surface area contributed by atoms with Gasteiger partial charge in [0.15, 0.2) is 5.78 Å². The Labute approximate surface area is 184 Å². The highest BCUT2D eigenvalue weighted by molar-refractivity contribution is 5.89. The summed E-state index contributed by atoms with van der Waals surface area (Å²) in [5.74, 6) is 3.87. The number of Topliss-reactive ketones (excluding diaryl/α,β-unsaturated/α-hetero) is 1. The first kappa shape index (κ1) is 22.8. The topological polar surface area (TPSA) is 57.5 Å². The van der Waals surface area contributed by atoms with E-state index in [1.54, 1.807) is 0 Å². The van der Waals surface area contributed by atoms with Crippen LogP contribution in [0, 0.1) is 46.3 Å². The van der Waals surface area contributed by atoms with Crippen LogP contribution in [0.15, 0.2) is 0 Å². The quantitative estimate of drug-likeness (QED) is 0.596. The maximum absolute atomic E-state index is 13.3. The predicted molar refractivity (Wildman–Crippen MR) is 121 cm³/mol. The van der Waals surface area contributed by atoms with Gasteiger partial charge >= 0.3 is 0 Å². The Balaban J connectivity index is 1.54. The van der Waals surface area contributed by atoms with E-state index in [1.165, 1.54) is 38.5 Å². The molecule has 4 rings (SSSR count). The van der Waals surface area contributed by atoms with Gasteiger partial charge in [0.25, 0.3) is 0 Å². The fraction of sp³-hybridized carbons (Fsp3) is 0.963. The monoisotopic (exact) mass is 418 g/mol. The lowest BCUT2D eigenvalue weighted by Gasteiger charge is -2.63. The molecule has 4 saturated carbocycles. The largest absolute Gasteiger partial charge is 0.393 e. The molecule has 4 aliphatic carbocycles. The average Bonchev–Trinajstić information content (AvgIpc) is 3.01. The number of fused-ring (bicyclic) bond motifs is 5. The second-order valence-electron chi connectivity index (χ2n) is 12.7. The third kappa shape index (κ3) is 3.33. The van der Waals surface area contributed by atoms with Crippen LogP contribution in [0.1, 0.15) is 105 Å². The molecule has 2 N–H and O–H groups in total. The summed E-state index contributed by atoms with van der Waals surface area (Å²) < 4.78 is 0. The second kappa shape index (κ2) is 7.87. The van der Waals surface area contributed by atoms with Crippen LogP contribution >= 0.6 is 0 Å². The molecule has 4 fully saturated rings. The van der Waals surface area contributed by atoms with Crippen molar-refractivity contribution in [2.45, 2.75) is 117 Å². The molecule has 0 saturated heterocycles. The van der Waals surface area contributed by atoms with E-state index < -0.39 is 11.7 Å². The highest BCUT2D eigenvalue weighted by Crippen LogP contribution is 2.68. The molecule has 172 valence electrons. The van der Waals surface area contributed by atoms with Crippen molar-refractivity contribution < 1.29 is 15.0 Å². The molecule has 3 heteroatoms. The number of carbonyl (C=O) groups excluding carboxylic acids is 1. The van der Waals surface area contributed by atoms with Crippen molar-refractivity contribution in [2.24, 2.45) is 46.3 Å². The van der Waals surface area contributed by atoms with Gasteiger partial charge in [-0.15, -0.1) is 0 Å². The van der Waals surface area contributed by atoms with Gasteiger partial charge in [0.1, 0.15) is 5.60 Å². The van der Waals surface area contributed by atoms with E-state index in [1.807, 2.05) is 0 Å². The van der Waals surface area contributed by atoms with Gasteiger partial charge in [0, 0.05) is 18.3 Å². The molecule has 9 atom stereocenters. The van der Waals surface area contributed by atoms with Gasteiger partial charge in [-0.1, -0.05) is 53.9 Å². The zero-order valence-corrected chi connectivity index (χ0v) is 20.1. The molecule has 0 heterocycles. The van der Waals surface area contributed by atoms with Gasteiger partial charge in [-0.3, -0.25) is 4.79 Å². The van der Waals surface area contributed by atoms with E-state index in [9.17, 15) is 15.0 Å². The lowest BCUT2D eigenvalue weighted by atomic mass is 9.42. The van der Waals surface area contributed by atoms with Crippen LogP contribution in [-0.2, 0) is 4.79 Å². The van der Waals surface area contributed by atoms with Crippen LogP contribution in [-0.4, -0.2) is 27.7 Å². The molecule has 0 aromatic carbocycles. The number of rotatable bonds is 5. The smallest absolute Gasteiger partial charge is 0.165 e. The Kier molecular flexibility index (Phi) is 5.97. The SMILES string of the molecule is CC(C)CCC[C@H](C)[C@H]1CC[C@H]2[C@@H]3CC(=O)[C@@]4(O)C[C@@H](O)CC[C@]4(C)[C@H]3CC[C@]12C. The van der Waals surface area contributed by atoms with E-state index in [0.717, 1.165) is 37.0 Å². The summed E-state index contributed by atoms with van der Waals surface area (Å²) in [4.78, 5) is 13.3. The molecular weight excluding hydrogens is 372 g/mol. The summed E-state index contributed by atoms with van der Waals surface area (Å²) >= 11 is 0. The Bertz CT molecular complexity index is 658. The van der Waals surface area contributed by atoms with Crippen LogP contribution in [0.2, 0.25) is 0 Å². The summed E-state index contributed by atoms with van der Waals surface area (Å²) in [6.07, 6.45) is 10.8. The Morgan fingerprint density at radius 1 is 1.00 bits per heavy atom. The number of hydrogen-bond donors (Lipinski definition) is 2. The van der Waals surface area contributed by atoms with Crippen molar-refractivity contribution >= 4 is 5.78 Å². The molecule has 0 spiro atoms. The maximum Gasteiger partial charge on any atom is 0.165 e. The lowest BCUT2D eigenvalue weighted by molar-refractivity contribution is -0.213. The van der Waals surface area contributed by atoms with Crippen molar-refractivity contribution in [3.8, 4) is 0 Å². The second-order valence-corrected chi connectivity index (χ2v) is 12.7. The van der Waals surface area contributed by atoms with Gasteiger partial charge in [-0.25, -0.2) is 0 Å². The van der Waals surface area contributed by atoms with Gasteiger partial charge in [-0.05, 0) is 79.4 Å². The zero-order valence-electron chi connectivity index (χ0n) is 20.1. The van der Waals surface area contributed by atoms with Crippen molar-refractivity contribution in [1.29, 1.82) is 0 Å². The molecule has 0 aromatic heterocycles. The van der Waals surface area contributed by atoms with Crippen molar-refractivity contribution in [3.63, 3.8) is 0 Å². The summed E-state index contributed by atoms with van der Waals surface area (Å²) in [6, 6.07) is 0. The minimum absolute atomic E-state index is 0.0303. The molecule has 4 aliphatic rings. The maximum atomic E-state index is 13.3. The fourth-order valence-corrected chi connectivity index (χ4v) is 9.04. The molecule has 0 amide bonds. The van der Waals surface area contributed by atoms with Crippen molar-refractivity contribution in [3.05, 3.63) is 0 Å². The Hall–Kier alpha value is -0.410. The number of hydrogen-bond acceptors (Lipinski definition) is 3. The number of aliphatic hydroxyl groups is 2. The van der Waals surface area contributed by atoms with Gasteiger partial charge in [-0.2, -0.15) is 0 Å². The van der Waals surface area contributed by atoms with Gasteiger partial charge < -0.3 is 10.2 Å². The lowest BCUT2D eigenvalue weighted by Crippen LogP contribution is -2.67. The van der Waals surface area contributed by atoms with Gasteiger partial charge in [0.05, 0.1) is 6.10 Å². The van der Waals surface area contributed by atoms with Crippen LogP contribution in [0.4, 0.5) is 0 Å². The molecule has 0 aliphatic heterocycles. The third-order valence-electron chi connectivity index (χ3n) is 10.8. The molecule has 0 unspecified atom stereocenters. The summed E-state index contributed by atoms with van der Waals surface area (Å²) in [6.45, 7) is 11.9. The average molecular weight is 419 g/mol. The normalized spacial score (nSPS) is 49.5. The van der Waals surface area contributed by atoms with Crippen molar-refractivity contribution in [1.82, 2.24) is 0 Å². The number of carbonyl (C=O) groups is 1. The van der Waals surface area contributed by atoms with E-state index in [4.69, 9.17) is 0 Å². The molecule has 0 radical (unpaired) electrons. The predicted octanol–water partition coefficient (Wildman–Crippen LogP) is 5.76. The molecule has 0 bridgehead atoms. The summed E-state index contributed by atoms with van der Waals surface area (Å²) in [7, 11) is 0. The Morgan fingerprint density at radius 2 is 1.73 bits per heavy atom. The van der Waals surface area contributed by atoms with E-state index in [0.29, 0.717) is 29.6 Å². The van der Waals surface area contributed by atoms with Crippen LogP contribution in [0.3, 0.4) is 0 Å². The van der Waals surface area contributed by atoms with E-state index in [-0.39, 0.29) is 17.6 Å². The molecule has 0 aromatic rings. The zero-order chi connectivity index (χ0) is 21.9. The number of aliphatic hydroxyl groups excluding tert-OH is 1.